The summed E-state index contributed by atoms with van der Waals surface area (Å²) in [6.45, 7) is 0. The summed E-state index contributed by atoms with van der Waals surface area (Å²) in [6, 6.07) is 4.30. The third-order valence-corrected chi connectivity index (χ3v) is 6.32. The maximum atomic E-state index is 13.0. The molecule has 1 saturated carbocycles. The predicted molar refractivity (Wildman–Crippen MR) is 105 cm³/mol. The van der Waals surface area contributed by atoms with Gasteiger partial charge in [-0.1, -0.05) is 11.6 Å². The molecule has 0 N–H and O–H groups in total. The molecule has 1 atom stereocenters. The van der Waals surface area contributed by atoms with Gasteiger partial charge in [-0.15, -0.1) is 0 Å². The Bertz CT molecular complexity index is 995. The van der Waals surface area contributed by atoms with Gasteiger partial charge >= 0.3 is 0 Å². The number of amides is 1. The van der Waals surface area contributed by atoms with Gasteiger partial charge in [0, 0.05) is 37.4 Å². The van der Waals surface area contributed by atoms with Crippen molar-refractivity contribution in [3.8, 4) is 0 Å². The number of Topliss-reactive ketones (excluding diaryl/α,β-unsaturated/α-hetero) is 1. The van der Waals surface area contributed by atoms with Gasteiger partial charge in [0.25, 0.3) is 0 Å². The summed E-state index contributed by atoms with van der Waals surface area (Å²) in [5, 5.41) is 0.0210. The monoisotopic (exact) mass is 421 g/mol. The largest absolute Gasteiger partial charge is 0.299 e. The molecule has 1 aromatic carbocycles. The summed E-state index contributed by atoms with van der Waals surface area (Å²) in [6.07, 6.45) is 8.36. The normalized spacial score (nSPS) is 16.9. The van der Waals surface area contributed by atoms with Gasteiger partial charge in [-0.25, -0.2) is 13.4 Å². The maximum Gasteiger partial charge on any atom is 0.232 e. The van der Waals surface area contributed by atoms with Crippen molar-refractivity contribution in [2.45, 2.75) is 37.0 Å². The Morgan fingerprint density at radius 3 is 2.68 bits per heavy atom. The first kappa shape index (κ1) is 20.4. The van der Waals surface area contributed by atoms with Crippen LogP contribution in [0.15, 0.2) is 41.7 Å². The fraction of sp³-hybridized carbons (Fsp3) is 0.368. The number of carbonyl (C=O) groups excluding carboxylic acids is 2. The summed E-state index contributed by atoms with van der Waals surface area (Å²) in [5.41, 5.74) is 0.389. The van der Waals surface area contributed by atoms with E-state index in [4.69, 9.17) is 11.6 Å². The number of benzene rings is 1. The molecule has 0 aliphatic heterocycles. The number of halogens is 1. The van der Waals surface area contributed by atoms with Gasteiger partial charge in [0.1, 0.15) is 5.78 Å². The molecule has 7 nitrogen and oxygen atoms in total. The van der Waals surface area contributed by atoms with Crippen LogP contribution in [0, 0.1) is 5.92 Å². The minimum absolute atomic E-state index is 0.0130. The molecule has 1 aliphatic carbocycles. The summed E-state index contributed by atoms with van der Waals surface area (Å²) < 4.78 is 23.6. The van der Waals surface area contributed by atoms with Crippen molar-refractivity contribution in [3.05, 3.63) is 41.8 Å². The maximum absolute atomic E-state index is 13.0. The quantitative estimate of drug-likeness (QED) is 0.709. The van der Waals surface area contributed by atoms with E-state index in [0.29, 0.717) is 24.3 Å². The molecular weight excluding hydrogens is 402 g/mol. The summed E-state index contributed by atoms with van der Waals surface area (Å²) >= 11 is 6.15. The van der Waals surface area contributed by atoms with Crippen molar-refractivity contribution < 1.29 is 18.0 Å². The minimum atomic E-state index is -3.49. The summed E-state index contributed by atoms with van der Waals surface area (Å²) in [4.78, 5) is 34.4. The number of ketones is 1. The number of rotatable bonds is 6. The van der Waals surface area contributed by atoms with E-state index in [1.807, 2.05) is 0 Å². The van der Waals surface area contributed by atoms with E-state index < -0.39 is 9.84 Å². The topological polar surface area (TPSA) is 97.3 Å². The Morgan fingerprint density at radius 2 is 2.11 bits per heavy atom. The first-order chi connectivity index (χ1) is 13.3. The molecule has 0 radical (unpaired) electrons. The smallest absolute Gasteiger partial charge is 0.232 e. The van der Waals surface area contributed by atoms with Crippen LogP contribution >= 0.6 is 11.6 Å². The lowest BCUT2D eigenvalue weighted by Gasteiger charge is -2.22. The highest BCUT2D eigenvalue weighted by Gasteiger charge is 2.27. The highest BCUT2D eigenvalue weighted by Crippen LogP contribution is 2.32. The van der Waals surface area contributed by atoms with E-state index in [2.05, 4.69) is 9.97 Å². The molecule has 1 aliphatic rings. The average molecular weight is 422 g/mol. The molecule has 1 heterocycles. The first-order valence-corrected chi connectivity index (χ1v) is 11.2. The third kappa shape index (κ3) is 4.56. The van der Waals surface area contributed by atoms with Crippen molar-refractivity contribution in [2.75, 3.05) is 11.2 Å². The molecule has 1 amide bonds. The van der Waals surface area contributed by atoms with Gasteiger partial charge in [-0.3, -0.25) is 19.5 Å². The van der Waals surface area contributed by atoms with Crippen LogP contribution in [0.4, 0.5) is 11.5 Å². The molecule has 148 valence electrons. The number of aromatic nitrogens is 2. The summed E-state index contributed by atoms with van der Waals surface area (Å²) in [7, 11) is -3.49. The van der Waals surface area contributed by atoms with Gasteiger partial charge in [0.15, 0.2) is 15.7 Å². The number of sulfone groups is 1. The Hall–Kier alpha value is -2.32. The van der Waals surface area contributed by atoms with Gasteiger partial charge in [-0.05, 0) is 37.5 Å². The first-order valence-electron chi connectivity index (χ1n) is 8.88. The lowest BCUT2D eigenvalue weighted by molar-refractivity contribution is -0.121. The Balaban J connectivity index is 1.90. The fourth-order valence-electron chi connectivity index (χ4n) is 3.34. The molecule has 1 aromatic heterocycles. The second-order valence-electron chi connectivity index (χ2n) is 6.77. The van der Waals surface area contributed by atoms with Crippen LogP contribution in [0.2, 0.25) is 5.02 Å². The lowest BCUT2D eigenvalue weighted by atomic mass is 10.0. The van der Waals surface area contributed by atoms with Crippen LogP contribution in [-0.2, 0) is 19.4 Å². The minimum Gasteiger partial charge on any atom is -0.299 e. The molecule has 2 aromatic rings. The van der Waals surface area contributed by atoms with E-state index in [1.165, 1.54) is 41.7 Å². The fourth-order valence-corrected chi connectivity index (χ4v) is 4.67. The Morgan fingerprint density at radius 1 is 1.32 bits per heavy atom. The van der Waals surface area contributed by atoms with Crippen molar-refractivity contribution in [1.82, 2.24) is 9.97 Å². The number of carbonyl (C=O) groups is 2. The number of hydrogen-bond acceptors (Lipinski definition) is 6. The zero-order valence-corrected chi connectivity index (χ0v) is 16.9. The van der Waals surface area contributed by atoms with E-state index >= 15 is 0 Å². The standard InChI is InChI=1S/C19H20ClN3O4S/c1-28(26,27)17-7-6-14(11-15(17)20)23(18-12-21-9-10-22-18)19(25)8-5-13-3-2-4-16(13)24/h6-7,9-13H,2-5,8H2,1H3. The molecular formula is C19H20ClN3O4S. The van der Waals surface area contributed by atoms with E-state index in [-0.39, 0.29) is 33.9 Å². The van der Waals surface area contributed by atoms with Gasteiger partial charge in [-0.2, -0.15) is 0 Å². The SMILES string of the molecule is CS(=O)(=O)c1ccc(N(C(=O)CCC2CCCC2=O)c2cnccn2)cc1Cl. The highest BCUT2D eigenvalue weighted by atomic mass is 35.5. The van der Waals surface area contributed by atoms with Crippen molar-refractivity contribution in [3.63, 3.8) is 0 Å². The van der Waals surface area contributed by atoms with E-state index in [9.17, 15) is 18.0 Å². The van der Waals surface area contributed by atoms with Crippen LogP contribution in [0.1, 0.15) is 32.1 Å². The molecule has 0 spiro atoms. The van der Waals surface area contributed by atoms with Crippen LogP contribution < -0.4 is 4.90 Å². The molecule has 9 heteroatoms. The average Bonchev–Trinajstić information content (AvgIpc) is 3.05. The number of nitrogens with zero attached hydrogens (tertiary/aromatic N) is 3. The highest BCUT2D eigenvalue weighted by molar-refractivity contribution is 7.90. The second-order valence-corrected chi connectivity index (χ2v) is 9.17. The Labute approximate surface area is 168 Å². The lowest BCUT2D eigenvalue weighted by Crippen LogP contribution is -2.27. The van der Waals surface area contributed by atoms with Crippen LogP contribution in [0.5, 0.6) is 0 Å². The predicted octanol–water partition coefficient (Wildman–Crippen LogP) is 3.35. The van der Waals surface area contributed by atoms with Crippen LogP contribution in [0.3, 0.4) is 0 Å². The molecule has 0 saturated heterocycles. The zero-order valence-electron chi connectivity index (χ0n) is 15.3. The molecule has 1 unspecified atom stereocenters. The molecule has 28 heavy (non-hydrogen) atoms. The van der Waals surface area contributed by atoms with Crippen molar-refractivity contribution in [2.24, 2.45) is 5.92 Å². The van der Waals surface area contributed by atoms with Crippen LogP contribution in [-0.4, -0.2) is 36.3 Å². The molecule has 1 fully saturated rings. The number of anilines is 2. The number of hydrogen-bond donors (Lipinski definition) is 0. The van der Waals surface area contributed by atoms with E-state index in [0.717, 1.165) is 19.1 Å². The van der Waals surface area contributed by atoms with Crippen LogP contribution in [0.25, 0.3) is 0 Å². The summed E-state index contributed by atoms with van der Waals surface area (Å²) in [5.74, 6) is 0.167. The van der Waals surface area contributed by atoms with Gasteiger partial charge < -0.3 is 0 Å². The van der Waals surface area contributed by atoms with Gasteiger partial charge in [0.05, 0.1) is 21.8 Å². The van der Waals surface area contributed by atoms with Crippen molar-refractivity contribution >= 4 is 44.6 Å². The molecule has 0 bridgehead atoms. The van der Waals surface area contributed by atoms with Crippen molar-refractivity contribution in [1.29, 1.82) is 0 Å². The van der Waals surface area contributed by atoms with E-state index in [1.54, 1.807) is 0 Å². The zero-order chi connectivity index (χ0) is 20.3. The molecule has 3 rings (SSSR count). The third-order valence-electron chi connectivity index (χ3n) is 4.74. The Kier molecular flexibility index (Phi) is 6.10. The van der Waals surface area contributed by atoms with Gasteiger partial charge in [0.2, 0.25) is 5.91 Å². The second kappa shape index (κ2) is 8.36.